The largest absolute Gasteiger partial charge is 0.354 e. The Bertz CT molecular complexity index is 946. The Morgan fingerprint density at radius 3 is 2.32 bits per heavy atom. The van der Waals surface area contributed by atoms with E-state index in [1.165, 1.54) is 38.1 Å². The third-order valence-electron chi connectivity index (χ3n) is 3.86. The number of anilines is 1. The zero-order valence-electron chi connectivity index (χ0n) is 15.5. The van der Waals surface area contributed by atoms with E-state index in [-0.39, 0.29) is 10.8 Å². The lowest BCUT2D eigenvalue weighted by molar-refractivity contribution is -0.122. The van der Waals surface area contributed by atoms with E-state index >= 15 is 0 Å². The number of halogens is 1. The van der Waals surface area contributed by atoms with Crippen LogP contribution in [0.2, 0.25) is 0 Å². The molecule has 0 radical (unpaired) electrons. The van der Waals surface area contributed by atoms with Gasteiger partial charge in [0.25, 0.3) is 0 Å². The van der Waals surface area contributed by atoms with Gasteiger partial charge in [-0.3, -0.25) is 9.59 Å². The fraction of sp³-hybridized carbons (Fsp3) is 0.263. The Morgan fingerprint density at radius 1 is 1.07 bits per heavy atom. The first-order valence-electron chi connectivity index (χ1n) is 8.60. The average Bonchev–Trinajstić information content (AvgIpc) is 2.62. The maximum absolute atomic E-state index is 12.4. The molecule has 7 nitrogen and oxygen atoms in total. The monoisotopic (exact) mass is 467 g/mol. The SMILES string of the molecule is CC(=O)Nc1ccc(S(=O)(=O)N[C@@H](C)C(=O)NCCc2ccccc2Br)cc1. The van der Waals surface area contributed by atoms with Crippen LogP contribution in [0.4, 0.5) is 5.69 Å². The summed E-state index contributed by atoms with van der Waals surface area (Å²) in [4.78, 5) is 23.2. The van der Waals surface area contributed by atoms with Crippen LogP contribution in [0.15, 0.2) is 57.9 Å². The van der Waals surface area contributed by atoms with Gasteiger partial charge in [0.05, 0.1) is 10.9 Å². The van der Waals surface area contributed by atoms with Crippen molar-refractivity contribution in [1.29, 1.82) is 0 Å². The van der Waals surface area contributed by atoms with Crippen molar-refractivity contribution in [2.24, 2.45) is 0 Å². The number of hydrogen-bond donors (Lipinski definition) is 3. The highest BCUT2D eigenvalue weighted by Crippen LogP contribution is 2.16. The van der Waals surface area contributed by atoms with Crippen LogP contribution in [0.5, 0.6) is 0 Å². The van der Waals surface area contributed by atoms with Crippen molar-refractivity contribution in [2.75, 3.05) is 11.9 Å². The lowest BCUT2D eigenvalue weighted by atomic mass is 10.1. The molecule has 0 aliphatic carbocycles. The Morgan fingerprint density at radius 2 is 1.71 bits per heavy atom. The van der Waals surface area contributed by atoms with Crippen LogP contribution >= 0.6 is 15.9 Å². The zero-order valence-corrected chi connectivity index (χ0v) is 17.9. The van der Waals surface area contributed by atoms with Gasteiger partial charge in [-0.1, -0.05) is 34.1 Å². The fourth-order valence-electron chi connectivity index (χ4n) is 2.45. The number of carbonyl (C=O) groups excluding carboxylic acids is 2. The lowest BCUT2D eigenvalue weighted by Gasteiger charge is -2.15. The van der Waals surface area contributed by atoms with Gasteiger partial charge in [0, 0.05) is 23.6 Å². The first-order chi connectivity index (χ1) is 13.2. The minimum absolute atomic E-state index is 0.00877. The number of carbonyl (C=O) groups is 2. The molecule has 0 saturated heterocycles. The standard InChI is InChI=1S/C19H22BrN3O4S/c1-13(19(25)21-12-11-15-5-3-4-6-18(15)20)23-28(26,27)17-9-7-16(8-10-17)22-14(2)24/h3-10,13,23H,11-12H2,1-2H3,(H,21,25)(H,22,24)/t13-/m0/s1. The third kappa shape index (κ3) is 6.43. The van der Waals surface area contributed by atoms with Crippen LogP contribution in [0.25, 0.3) is 0 Å². The summed E-state index contributed by atoms with van der Waals surface area (Å²) >= 11 is 3.45. The molecule has 0 saturated carbocycles. The van der Waals surface area contributed by atoms with E-state index in [9.17, 15) is 18.0 Å². The molecule has 28 heavy (non-hydrogen) atoms. The predicted octanol–water partition coefficient (Wildman–Crippen LogP) is 2.43. The topological polar surface area (TPSA) is 104 Å². The highest BCUT2D eigenvalue weighted by molar-refractivity contribution is 9.10. The van der Waals surface area contributed by atoms with Crippen molar-refractivity contribution in [2.45, 2.75) is 31.2 Å². The molecule has 0 heterocycles. The van der Waals surface area contributed by atoms with Gasteiger partial charge in [-0.15, -0.1) is 0 Å². The smallest absolute Gasteiger partial charge is 0.241 e. The molecule has 3 N–H and O–H groups in total. The Kier molecular flexibility index (Phi) is 7.73. The first kappa shape index (κ1) is 22.1. The van der Waals surface area contributed by atoms with Gasteiger partial charge in [-0.25, -0.2) is 8.42 Å². The number of hydrogen-bond acceptors (Lipinski definition) is 4. The summed E-state index contributed by atoms with van der Waals surface area (Å²) in [6.45, 7) is 3.24. The molecule has 2 amide bonds. The van der Waals surface area contributed by atoms with E-state index in [1.54, 1.807) is 0 Å². The summed E-state index contributed by atoms with van der Waals surface area (Å²) in [5.74, 6) is -0.660. The highest BCUT2D eigenvalue weighted by Gasteiger charge is 2.21. The van der Waals surface area contributed by atoms with E-state index in [1.807, 2.05) is 24.3 Å². The highest BCUT2D eigenvalue weighted by atomic mass is 79.9. The van der Waals surface area contributed by atoms with Gasteiger partial charge in [-0.05, 0) is 49.2 Å². The molecule has 0 bridgehead atoms. The molecule has 0 unspecified atom stereocenters. The zero-order chi connectivity index (χ0) is 20.7. The van der Waals surface area contributed by atoms with E-state index in [4.69, 9.17) is 0 Å². The summed E-state index contributed by atoms with van der Waals surface area (Å²) in [5.41, 5.74) is 1.54. The molecular weight excluding hydrogens is 446 g/mol. The van der Waals surface area contributed by atoms with Crippen molar-refractivity contribution in [3.8, 4) is 0 Å². The number of rotatable bonds is 8. The molecule has 9 heteroatoms. The second-order valence-corrected chi connectivity index (χ2v) is 8.75. The Balaban J connectivity index is 1.91. The van der Waals surface area contributed by atoms with Crippen molar-refractivity contribution in [3.05, 3.63) is 58.6 Å². The molecule has 0 aliphatic heterocycles. The van der Waals surface area contributed by atoms with Gasteiger partial charge in [0.1, 0.15) is 0 Å². The molecule has 0 spiro atoms. The number of benzene rings is 2. The average molecular weight is 468 g/mol. The summed E-state index contributed by atoms with van der Waals surface area (Å²) in [6, 6.07) is 12.5. The summed E-state index contributed by atoms with van der Waals surface area (Å²) in [6.07, 6.45) is 0.622. The second-order valence-electron chi connectivity index (χ2n) is 6.18. The fourth-order valence-corrected chi connectivity index (χ4v) is 4.14. The number of nitrogens with one attached hydrogen (secondary N) is 3. The van der Waals surface area contributed by atoms with Gasteiger partial charge in [-0.2, -0.15) is 4.72 Å². The normalized spacial score (nSPS) is 12.2. The summed E-state index contributed by atoms with van der Waals surface area (Å²) in [7, 11) is -3.86. The lowest BCUT2D eigenvalue weighted by Crippen LogP contribution is -2.45. The molecule has 0 fully saturated rings. The maximum atomic E-state index is 12.4. The molecule has 150 valence electrons. The Hall–Kier alpha value is -2.23. The van der Waals surface area contributed by atoms with Crippen molar-refractivity contribution >= 4 is 43.5 Å². The third-order valence-corrected chi connectivity index (χ3v) is 6.19. The molecule has 0 aliphatic rings. The van der Waals surface area contributed by atoms with Crippen LogP contribution in [0, 0.1) is 0 Å². The van der Waals surface area contributed by atoms with Gasteiger partial charge in [0.2, 0.25) is 21.8 Å². The van der Waals surface area contributed by atoms with E-state index in [0.717, 1.165) is 10.0 Å². The van der Waals surface area contributed by atoms with Gasteiger partial charge >= 0.3 is 0 Å². The minimum atomic E-state index is -3.86. The van der Waals surface area contributed by atoms with Crippen molar-refractivity contribution in [3.63, 3.8) is 0 Å². The molecule has 2 aromatic rings. The van der Waals surface area contributed by atoms with Crippen LogP contribution in [-0.2, 0) is 26.0 Å². The Labute approximate surface area is 173 Å². The predicted molar refractivity (Wildman–Crippen MR) is 111 cm³/mol. The van der Waals surface area contributed by atoms with E-state index in [0.29, 0.717) is 18.7 Å². The summed E-state index contributed by atoms with van der Waals surface area (Å²) < 4.78 is 28.2. The molecule has 0 aromatic heterocycles. The van der Waals surface area contributed by atoms with Gasteiger partial charge < -0.3 is 10.6 Å². The second kappa shape index (κ2) is 9.81. The molecule has 2 rings (SSSR count). The van der Waals surface area contributed by atoms with Crippen LogP contribution in [0.1, 0.15) is 19.4 Å². The van der Waals surface area contributed by atoms with E-state index in [2.05, 4.69) is 31.3 Å². The molecule has 1 atom stereocenters. The van der Waals surface area contributed by atoms with Crippen LogP contribution in [-0.4, -0.2) is 32.8 Å². The maximum Gasteiger partial charge on any atom is 0.241 e. The number of amides is 2. The number of sulfonamides is 1. The molecular formula is C19H22BrN3O4S. The molecule has 2 aromatic carbocycles. The quantitative estimate of drug-likeness (QED) is 0.554. The van der Waals surface area contributed by atoms with Crippen LogP contribution in [0.3, 0.4) is 0 Å². The van der Waals surface area contributed by atoms with E-state index < -0.39 is 22.0 Å². The van der Waals surface area contributed by atoms with Gasteiger partial charge in [0.15, 0.2) is 0 Å². The minimum Gasteiger partial charge on any atom is -0.354 e. The summed E-state index contributed by atoms with van der Waals surface area (Å²) in [5, 5.41) is 5.29. The van der Waals surface area contributed by atoms with Crippen molar-refractivity contribution in [1.82, 2.24) is 10.0 Å². The van der Waals surface area contributed by atoms with Crippen molar-refractivity contribution < 1.29 is 18.0 Å². The first-order valence-corrected chi connectivity index (χ1v) is 10.9. The van der Waals surface area contributed by atoms with Crippen LogP contribution < -0.4 is 15.4 Å².